The predicted octanol–water partition coefficient (Wildman–Crippen LogP) is 4.70. The Morgan fingerprint density at radius 1 is 1.24 bits per heavy atom. The highest BCUT2D eigenvalue weighted by molar-refractivity contribution is 9.10. The maximum Gasteiger partial charge on any atom is 0.0216 e. The lowest BCUT2D eigenvalue weighted by molar-refractivity contribution is 0.550. The second kappa shape index (κ2) is 7.45. The van der Waals surface area contributed by atoms with Gasteiger partial charge in [-0.05, 0) is 30.2 Å². The molecule has 0 aliphatic carbocycles. The Morgan fingerprint density at radius 2 is 1.94 bits per heavy atom. The van der Waals surface area contributed by atoms with E-state index in [-0.39, 0.29) is 0 Å². The average Bonchev–Trinajstić information content (AvgIpc) is 2.20. The Labute approximate surface area is 118 Å². The molecule has 17 heavy (non-hydrogen) atoms. The first-order chi connectivity index (χ1) is 7.99. The van der Waals surface area contributed by atoms with Crippen molar-refractivity contribution in [1.29, 1.82) is 0 Å². The van der Waals surface area contributed by atoms with Crippen molar-refractivity contribution in [3.8, 4) is 0 Å². The van der Waals surface area contributed by atoms with Crippen molar-refractivity contribution in [1.82, 2.24) is 5.32 Å². The van der Waals surface area contributed by atoms with Crippen LogP contribution in [0.15, 0.2) is 27.6 Å². The summed E-state index contributed by atoms with van der Waals surface area (Å²) in [6.45, 7) is 11.0. The number of halogens is 1. The molecule has 0 unspecified atom stereocenters. The molecule has 0 aromatic heterocycles. The zero-order valence-corrected chi connectivity index (χ0v) is 13.5. The molecule has 0 spiro atoms. The van der Waals surface area contributed by atoms with E-state index in [2.05, 4.69) is 67.1 Å². The second-order valence-corrected chi connectivity index (χ2v) is 7.48. The van der Waals surface area contributed by atoms with Crippen LogP contribution in [0.25, 0.3) is 0 Å². The number of hydrogen-bond donors (Lipinski definition) is 1. The number of rotatable bonds is 6. The van der Waals surface area contributed by atoms with Gasteiger partial charge >= 0.3 is 0 Å². The fourth-order valence-corrected chi connectivity index (χ4v) is 3.04. The zero-order chi connectivity index (χ0) is 12.8. The Hall–Kier alpha value is 0.01000. The lowest BCUT2D eigenvalue weighted by Crippen LogP contribution is -2.19. The van der Waals surface area contributed by atoms with Crippen LogP contribution in [0.4, 0.5) is 0 Å². The minimum absolute atomic E-state index is 0.619. The number of benzene rings is 1. The van der Waals surface area contributed by atoms with Gasteiger partial charge in [-0.25, -0.2) is 0 Å². The van der Waals surface area contributed by atoms with E-state index in [1.165, 1.54) is 10.5 Å². The number of hydrogen-bond acceptors (Lipinski definition) is 2. The van der Waals surface area contributed by atoms with Crippen LogP contribution >= 0.6 is 27.7 Å². The summed E-state index contributed by atoms with van der Waals surface area (Å²) in [7, 11) is 0. The molecule has 0 amide bonds. The molecular weight excluding hydrogens is 294 g/mol. The topological polar surface area (TPSA) is 12.0 Å². The van der Waals surface area contributed by atoms with E-state index < -0.39 is 0 Å². The molecule has 1 N–H and O–H groups in total. The third-order valence-corrected chi connectivity index (χ3v) is 3.86. The molecule has 0 bridgehead atoms. The largest absolute Gasteiger partial charge is 0.312 e. The predicted molar refractivity (Wildman–Crippen MR) is 81.7 cm³/mol. The fraction of sp³-hybridized carbons (Fsp3) is 0.571. The lowest BCUT2D eigenvalue weighted by Gasteiger charge is -2.13. The van der Waals surface area contributed by atoms with Crippen LogP contribution in [-0.2, 0) is 6.54 Å². The van der Waals surface area contributed by atoms with Gasteiger partial charge in [0.1, 0.15) is 0 Å². The van der Waals surface area contributed by atoms with Gasteiger partial charge in [0.15, 0.2) is 0 Å². The summed E-state index contributed by atoms with van der Waals surface area (Å²) >= 11 is 5.47. The van der Waals surface area contributed by atoms with E-state index >= 15 is 0 Å². The van der Waals surface area contributed by atoms with E-state index in [0.717, 1.165) is 17.6 Å². The molecule has 0 aliphatic heterocycles. The molecule has 1 aromatic carbocycles. The van der Waals surface area contributed by atoms with Gasteiger partial charge in [-0.15, -0.1) is 11.8 Å². The van der Waals surface area contributed by atoms with Crippen molar-refractivity contribution >= 4 is 27.7 Å². The number of thioether (sulfide) groups is 1. The molecule has 0 fully saturated rings. The van der Waals surface area contributed by atoms with Crippen molar-refractivity contribution in [2.45, 2.75) is 44.4 Å². The summed E-state index contributed by atoms with van der Waals surface area (Å²) in [5, 5.41) is 4.12. The standard InChI is InChI=1S/C14H22BrNS/c1-10(2)8-16-9-12-5-6-13(15)7-14(12)17-11(3)4/h5-7,10-11,16H,8-9H2,1-4H3. The monoisotopic (exact) mass is 315 g/mol. The molecule has 1 aromatic rings. The maximum atomic E-state index is 3.54. The third kappa shape index (κ3) is 5.94. The molecule has 0 aliphatic rings. The smallest absolute Gasteiger partial charge is 0.0216 e. The average molecular weight is 316 g/mol. The van der Waals surface area contributed by atoms with E-state index in [1.54, 1.807) is 0 Å². The van der Waals surface area contributed by atoms with Crippen LogP contribution in [0.3, 0.4) is 0 Å². The summed E-state index contributed by atoms with van der Waals surface area (Å²) in [5.41, 5.74) is 1.40. The Kier molecular flexibility index (Phi) is 6.60. The lowest BCUT2D eigenvalue weighted by atomic mass is 10.2. The highest BCUT2D eigenvalue weighted by Gasteiger charge is 2.06. The molecule has 0 saturated heterocycles. The third-order valence-electron chi connectivity index (χ3n) is 2.26. The molecule has 0 atom stereocenters. The van der Waals surface area contributed by atoms with Crippen LogP contribution in [0.5, 0.6) is 0 Å². The summed E-state index contributed by atoms with van der Waals surface area (Å²) in [6, 6.07) is 6.55. The first-order valence-electron chi connectivity index (χ1n) is 6.15. The van der Waals surface area contributed by atoms with Crippen molar-refractivity contribution in [2.75, 3.05) is 6.54 Å². The highest BCUT2D eigenvalue weighted by Crippen LogP contribution is 2.29. The maximum absolute atomic E-state index is 3.54. The van der Waals surface area contributed by atoms with Gasteiger partial charge in [0.25, 0.3) is 0 Å². The van der Waals surface area contributed by atoms with Crippen LogP contribution in [0.2, 0.25) is 0 Å². The summed E-state index contributed by atoms with van der Waals surface area (Å²) in [5.74, 6) is 0.701. The van der Waals surface area contributed by atoms with Crippen LogP contribution in [0, 0.1) is 5.92 Å². The van der Waals surface area contributed by atoms with E-state index in [1.807, 2.05) is 11.8 Å². The van der Waals surface area contributed by atoms with Gasteiger partial charge in [0, 0.05) is 21.2 Å². The van der Waals surface area contributed by atoms with Gasteiger partial charge in [-0.2, -0.15) is 0 Å². The molecule has 1 nitrogen and oxygen atoms in total. The van der Waals surface area contributed by atoms with Crippen molar-refractivity contribution in [3.05, 3.63) is 28.2 Å². The summed E-state index contributed by atoms with van der Waals surface area (Å²) in [4.78, 5) is 1.38. The first-order valence-corrected chi connectivity index (χ1v) is 7.82. The molecule has 3 heteroatoms. The molecule has 0 radical (unpaired) electrons. The minimum Gasteiger partial charge on any atom is -0.312 e. The molecule has 1 rings (SSSR count). The summed E-state index contributed by atoms with van der Waals surface area (Å²) in [6.07, 6.45) is 0. The molecule has 96 valence electrons. The molecule has 0 heterocycles. The van der Waals surface area contributed by atoms with Gasteiger partial charge in [-0.3, -0.25) is 0 Å². The Balaban J connectivity index is 2.68. The van der Waals surface area contributed by atoms with E-state index in [4.69, 9.17) is 0 Å². The van der Waals surface area contributed by atoms with Gasteiger partial charge < -0.3 is 5.32 Å². The molecular formula is C14H22BrNS. The van der Waals surface area contributed by atoms with Gasteiger partial charge in [0.05, 0.1) is 0 Å². The highest BCUT2D eigenvalue weighted by atomic mass is 79.9. The minimum atomic E-state index is 0.619. The second-order valence-electron chi connectivity index (χ2n) is 4.94. The van der Waals surface area contributed by atoms with Gasteiger partial charge in [-0.1, -0.05) is 49.7 Å². The zero-order valence-electron chi connectivity index (χ0n) is 11.1. The van der Waals surface area contributed by atoms with Crippen LogP contribution < -0.4 is 5.32 Å². The molecule has 0 saturated carbocycles. The van der Waals surface area contributed by atoms with Gasteiger partial charge in [0.2, 0.25) is 0 Å². The van der Waals surface area contributed by atoms with Crippen molar-refractivity contribution in [3.63, 3.8) is 0 Å². The first kappa shape index (κ1) is 15.1. The van der Waals surface area contributed by atoms with Crippen LogP contribution in [0.1, 0.15) is 33.3 Å². The fourth-order valence-electron chi connectivity index (χ4n) is 1.53. The Morgan fingerprint density at radius 3 is 2.53 bits per heavy atom. The van der Waals surface area contributed by atoms with Crippen molar-refractivity contribution in [2.24, 2.45) is 5.92 Å². The number of nitrogens with one attached hydrogen (secondary N) is 1. The normalized spacial score (nSPS) is 11.5. The van der Waals surface area contributed by atoms with E-state index in [0.29, 0.717) is 11.2 Å². The van der Waals surface area contributed by atoms with E-state index in [9.17, 15) is 0 Å². The van der Waals surface area contributed by atoms with Crippen LogP contribution in [-0.4, -0.2) is 11.8 Å². The summed E-state index contributed by atoms with van der Waals surface area (Å²) < 4.78 is 1.16. The Bertz CT molecular complexity index is 350. The van der Waals surface area contributed by atoms with Crippen molar-refractivity contribution < 1.29 is 0 Å². The SMILES string of the molecule is CC(C)CNCc1ccc(Br)cc1SC(C)C. The quantitative estimate of drug-likeness (QED) is 0.764.